The molecule has 0 saturated heterocycles. The summed E-state index contributed by atoms with van der Waals surface area (Å²) in [4.78, 5) is 18.0. The minimum atomic E-state index is 0.747. The van der Waals surface area contributed by atoms with Gasteiger partial charge in [0.2, 0.25) is 0 Å². The average Bonchev–Trinajstić information content (AvgIpc) is 2.82. The zero-order chi connectivity index (χ0) is 19.9. The summed E-state index contributed by atoms with van der Waals surface area (Å²) in [5.41, 5.74) is 4.85. The molecule has 0 aliphatic rings. The lowest BCUT2D eigenvalue weighted by Gasteiger charge is -2.05. The van der Waals surface area contributed by atoms with Gasteiger partial charge in [-0.2, -0.15) is 0 Å². The maximum atomic E-state index is 4.55. The van der Waals surface area contributed by atoms with Gasteiger partial charge in [-0.15, -0.1) is 10.2 Å². The molecule has 6 heteroatoms. The van der Waals surface area contributed by atoms with Crippen molar-refractivity contribution in [2.75, 3.05) is 0 Å². The second-order valence-electron chi connectivity index (χ2n) is 6.93. The third-order valence-electron chi connectivity index (χ3n) is 5.19. The standard InChI is InChI=1S/C24H14N6/c1-3-15-5-7-17-19(9-13-27-23(17)21(15)25-11-1)29-30-20-10-14-28-24-18(20)8-6-16-4-2-12-26-22(16)24/h1-14H. The average molecular weight is 386 g/mol. The van der Waals surface area contributed by atoms with Gasteiger partial charge < -0.3 is 0 Å². The van der Waals surface area contributed by atoms with E-state index in [2.05, 4.69) is 30.2 Å². The van der Waals surface area contributed by atoms with Crippen LogP contribution in [0.1, 0.15) is 0 Å². The van der Waals surface area contributed by atoms with Crippen LogP contribution in [-0.2, 0) is 0 Å². The van der Waals surface area contributed by atoms with Crippen LogP contribution in [0.25, 0.3) is 43.6 Å². The second kappa shape index (κ2) is 6.63. The van der Waals surface area contributed by atoms with E-state index in [1.54, 1.807) is 24.8 Å². The fourth-order valence-electron chi connectivity index (χ4n) is 3.76. The topological polar surface area (TPSA) is 76.3 Å². The van der Waals surface area contributed by atoms with Crippen LogP contribution in [0.15, 0.2) is 95.7 Å². The van der Waals surface area contributed by atoms with Crippen LogP contribution in [-0.4, -0.2) is 19.9 Å². The van der Waals surface area contributed by atoms with Gasteiger partial charge in [-0.25, -0.2) is 0 Å². The predicted molar refractivity (Wildman–Crippen MR) is 118 cm³/mol. The Kier molecular flexibility index (Phi) is 3.67. The number of fused-ring (bicyclic) bond motifs is 6. The molecular formula is C24H14N6. The van der Waals surface area contributed by atoms with Crippen LogP contribution in [0.2, 0.25) is 0 Å². The Labute approximate surface area is 171 Å². The molecule has 30 heavy (non-hydrogen) atoms. The van der Waals surface area contributed by atoms with E-state index < -0.39 is 0 Å². The molecule has 6 aromatic rings. The van der Waals surface area contributed by atoms with Crippen LogP contribution in [0.5, 0.6) is 0 Å². The molecule has 0 radical (unpaired) electrons. The fourth-order valence-corrected chi connectivity index (χ4v) is 3.76. The van der Waals surface area contributed by atoms with E-state index in [0.717, 1.165) is 55.0 Å². The summed E-state index contributed by atoms with van der Waals surface area (Å²) in [6, 6.07) is 19.7. The van der Waals surface area contributed by atoms with Crippen molar-refractivity contribution in [2.24, 2.45) is 10.2 Å². The molecule has 0 spiro atoms. The predicted octanol–water partition coefficient (Wildman–Crippen LogP) is 6.29. The second-order valence-corrected chi connectivity index (χ2v) is 6.93. The largest absolute Gasteiger partial charge is 0.254 e. The zero-order valence-corrected chi connectivity index (χ0v) is 15.8. The minimum Gasteiger partial charge on any atom is -0.254 e. The van der Waals surface area contributed by atoms with Crippen LogP contribution in [0, 0.1) is 0 Å². The quantitative estimate of drug-likeness (QED) is 0.259. The molecule has 0 N–H and O–H groups in total. The van der Waals surface area contributed by atoms with E-state index in [9.17, 15) is 0 Å². The first kappa shape index (κ1) is 16.6. The van der Waals surface area contributed by atoms with Crippen molar-refractivity contribution >= 4 is 55.0 Å². The Morgan fingerprint density at radius 3 is 1.40 bits per heavy atom. The Morgan fingerprint density at radius 2 is 0.900 bits per heavy atom. The van der Waals surface area contributed by atoms with Gasteiger partial charge in [0.15, 0.2) is 0 Å². The third kappa shape index (κ3) is 2.58. The molecule has 0 bridgehead atoms. The first-order valence-electron chi connectivity index (χ1n) is 9.55. The molecule has 4 heterocycles. The van der Waals surface area contributed by atoms with E-state index in [1.807, 2.05) is 60.7 Å². The first-order chi connectivity index (χ1) is 14.9. The summed E-state index contributed by atoms with van der Waals surface area (Å²) in [6.45, 7) is 0. The van der Waals surface area contributed by atoms with E-state index >= 15 is 0 Å². The molecule has 0 unspecified atom stereocenters. The SMILES string of the molecule is c1cnc2c(c1)ccc1c(N=Nc3ccnc4c3ccc3cccnc34)ccnc12. The van der Waals surface area contributed by atoms with Crippen molar-refractivity contribution in [3.05, 3.63) is 85.5 Å². The number of hydrogen-bond acceptors (Lipinski definition) is 6. The Bertz CT molecular complexity index is 1490. The number of azo groups is 1. The molecule has 140 valence electrons. The highest BCUT2D eigenvalue weighted by atomic mass is 15.1. The highest BCUT2D eigenvalue weighted by Gasteiger charge is 2.08. The monoisotopic (exact) mass is 386 g/mol. The molecule has 6 rings (SSSR count). The van der Waals surface area contributed by atoms with Gasteiger partial charge in [0.25, 0.3) is 0 Å². The van der Waals surface area contributed by atoms with Crippen molar-refractivity contribution in [2.45, 2.75) is 0 Å². The Hall–Kier alpha value is -4.32. The van der Waals surface area contributed by atoms with E-state index in [4.69, 9.17) is 0 Å². The maximum absolute atomic E-state index is 4.55. The summed E-state index contributed by atoms with van der Waals surface area (Å²) in [7, 11) is 0. The molecule has 2 aromatic carbocycles. The smallest absolute Gasteiger partial charge is 0.0986 e. The molecule has 0 atom stereocenters. The van der Waals surface area contributed by atoms with Crippen molar-refractivity contribution in [1.29, 1.82) is 0 Å². The molecule has 0 fully saturated rings. The number of rotatable bonds is 2. The maximum Gasteiger partial charge on any atom is 0.0986 e. The lowest BCUT2D eigenvalue weighted by Crippen LogP contribution is -1.85. The summed E-state index contributed by atoms with van der Waals surface area (Å²) < 4.78 is 0. The van der Waals surface area contributed by atoms with Gasteiger partial charge in [0.05, 0.1) is 33.4 Å². The lowest BCUT2D eigenvalue weighted by atomic mass is 10.1. The highest BCUT2D eigenvalue weighted by Crippen LogP contribution is 2.33. The summed E-state index contributed by atoms with van der Waals surface area (Å²) in [5, 5.41) is 13.0. The molecule has 0 saturated carbocycles. The van der Waals surface area contributed by atoms with Crippen LogP contribution in [0.4, 0.5) is 11.4 Å². The number of hydrogen-bond donors (Lipinski definition) is 0. The summed E-state index contributed by atoms with van der Waals surface area (Å²) >= 11 is 0. The van der Waals surface area contributed by atoms with Crippen LogP contribution < -0.4 is 0 Å². The minimum absolute atomic E-state index is 0.747. The molecule has 6 nitrogen and oxygen atoms in total. The number of nitrogens with zero attached hydrogens (tertiary/aromatic N) is 6. The van der Waals surface area contributed by atoms with Gasteiger partial charge >= 0.3 is 0 Å². The molecular weight excluding hydrogens is 372 g/mol. The van der Waals surface area contributed by atoms with Gasteiger partial charge in [0.1, 0.15) is 0 Å². The van der Waals surface area contributed by atoms with Gasteiger partial charge in [-0.05, 0) is 36.4 Å². The number of pyridine rings is 4. The van der Waals surface area contributed by atoms with E-state index in [0.29, 0.717) is 0 Å². The van der Waals surface area contributed by atoms with Gasteiger partial charge in [0, 0.05) is 46.3 Å². The molecule has 0 amide bonds. The van der Waals surface area contributed by atoms with Crippen LogP contribution in [0.3, 0.4) is 0 Å². The summed E-state index contributed by atoms with van der Waals surface area (Å²) in [6.07, 6.45) is 7.04. The number of benzene rings is 2. The highest BCUT2D eigenvalue weighted by molar-refractivity contribution is 6.07. The van der Waals surface area contributed by atoms with Crippen molar-refractivity contribution in [3.63, 3.8) is 0 Å². The first-order valence-corrected chi connectivity index (χ1v) is 9.55. The van der Waals surface area contributed by atoms with Crippen LogP contribution >= 0.6 is 0 Å². The molecule has 0 aliphatic heterocycles. The fraction of sp³-hybridized carbons (Fsp3) is 0. The summed E-state index contributed by atoms with van der Waals surface area (Å²) in [5.74, 6) is 0. The zero-order valence-electron chi connectivity index (χ0n) is 15.8. The van der Waals surface area contributed by atoms with Gasteiger partial charge in [-0.1, -0.05) is 24.3 Å². The van der Waals surface area contributed by atoms with E-state index in [1.165, 1.54) is 0 Å². The van der Waals surface area contributed by atoms with Crippen molar-refractivity contribution < 1.29 is 0 Å². The lowest BCUT2D eigenvalue weighted by molar-refractivity contribution is 1.23. The molecule has 4 aromatic heterocycles. The Balaban J connectivity index is 1.52. The number of aromatic nitrogens is 4. The van der Waals surface area contributed by atoms with Crippen molar-refractivity contribution in [1.82, 2.24) is 19.9 Å². The van der Waals surface area contributed by atoms with Crippen molar-refractivity contribution in [3.8, 4) is 0 Å². The normalized spacial score (nSPS) is 11.9. The Morgan fingerprint density at radius 1 is 0.433 bits per heavy atom. The van der Waals surface area contributed by atoms with Gasteiger partial charge in [-0.3, -0.25) is 19.9 Å². The van der Waals surface area contributed by atoms with E-state index in [-0.39, 0.29) is 0 Å². The molecule has 0 aliphatic carbocycles. The third-order valence-corrected chi connectivity index (χ3v) is 5.19.